The average molecular weight is 367 g/mol. The van der Waals surface area contributed by atoms with Crippen LogP contribution in [0.3, 0.4) is 0 Å². The summed E-state index contributed by atoms with van der Waals surface area (Å²) in [6.07, 6.45) is -0.536. The number of carbonyl (C=O) groups excluding carboxylic acids is 2. The maximum absolute atomic E-state index is 13.2. The molecule has 1 atom stereocenters. The van der Waals surface area contributed by atoms with Gasteiger partial charge >= 0.3 is 6.09 Å². The highest BCUT2D eigenvalue weighted by molar-refractivity contribution is 5.82. The summed E-state index contributed by atoms with van der Waals surface area (Å²) >= 11 is 0. The predicted molar refractivity (Wildman–Crippen MR) is 94.2 cm³/mol. The number of likely N-dealkylation sites (N-methyl/N-ethyl adjacent to an activating group) is 1. The van der Waals surface area contributed by atoms with Crippen LogP contribution >= 0.6 is 0 Å². The van der Waals surface area contributed by atoms with Crippen molar-refractivity contribution in [3.8, 4) is 0 Å². The van der Waals surface area contributed by atoms with Crippen molar-refractivity contribution in [2.45, 2.75) is 13.0 Å². The molecule has 0 bridgehead atoms. The standard InChI is InChI=1S/C18H26FN3O4/c1-3-26-18(24)21(2)13-17(23)20-12-16(22-8-10-25-11-9-22)14-4-6-15(19)7-5-14/h4-7,16H,3,8-13H2,1-2H3,(H,20,23). The molecule has 0 spiro atoms. The first-order valence-corrected chi connectivity index (χ1v) is 8.73. The summed E-state index contributed by atoms with van der Waals surface area (Å²) in [5.74, 6) is -0.574. The molecule has 1 fully saturated rings. The van der Waals surface area contributed by atoms with Gasteiger partial charge in [0.15, 0.2) is 0 Å². The summed E-state index contributed by atoms with van der Waals surface area (Å²) in [6.45, 7) is 4.96. The summed E-state index contributed by atoms with van der Waals surface area (Å²) < 4.78 is 23.5. The number of nitrogens with one attached hydrogen (secondary N) is 1. The SMILES string of the molecule is CCOC(=O)N(C)CC(=O)NCC(c1ccc(F)cc1)N1CCOCC1. The van der Waals surface area contributed by atoms with Crippen molar-refractivity contribution in [2.24, 2.45) is 0 Å². The van der Waals surface area contributed by atoms with Gasteiger partial charge in [-0.2, -0.15) is 0 Å². The third-order valence-electron chi connectivity index (χ3n) is 4.19. The Morgan fingerprint density at radius 1 is 1.31 bits per heavy atom. The maximum atomic E-state index is 13.2. The number of nitrogens with zero attached hydrogens (tertiary/aromatic N) is 2. The molecule has 1 aromatic rings. The van der Waals surface area contributed by atoms with Crippen LogP contribution in [0.2, 0.25) is 0 Å². The van der Waals surface area contributed by atoms with E-state index in [1.165, 1.54) is 24.1 Å². The van der Waals surface area contributed by atoms with Gasteiger partial charge in [-0.1, -0.05) is 12.1 Å². The van der Waals surface area contributed by atoms with Gasteiger partial charge in [-0.3, -0.25) is 9.69 Å². The Morgan fingerprint density at radius 3 is 2.58 bits per heavy atom. The van der Waals surface area contributed by atoms with E-state index in [9.17, 15) is 14.0 Å². The van der Waals surface area contributed by atoms with Crippen LogP contribution in [-0.4, -0.2) is 74.8 Å². The number of amides is 2. The number of morpholine rings is 1. The average Bonchev–Trinajstić information content (AvgIpc) is 2.64. The molecule has 0 saturated carbocycles. The summed E-state index contributed by atoms with van der Waals surface area (Å²) in [6, 6.07) is 6.20. The van der Waals surface area contributed by atoms with Gasteiger partial charge in [-0.25, -0.2) is 9.18 Å². The number of benzene rings is 1. The van der Waals surface area contributed by atoms with Crippen molar-refractivity contribution in [2.75, 3.05) is 53.0 Å². The van der Waals surface area contributed by atoms with Gasteiger partial charge in [0.2, 0.25) is 5.91 Å². The lowest BCUT2D eigenvalue weighted by Crippen LogP contribution is -2.45. The minimum absolute atomic E-state index is 0.0852. The second kappa shape index (κ2) is 10.1. The van der Waals surface area contributed by atoms with Crippen LogP contribution in [0.15, 0.2) is 24.3 Å². The van der Waals surface area contributed by atoms with Crippen LogP contribution in [0.4, 0.5) is 9.18 Å². The lowest BCUT2D eigenvalue weighted by Gasteiger charge is -2.35. The summed E-state index contributed by atoms with van der Waals surface area (Å²) in [7, 11) is 1.51. The Balaban J connectivity index is 1.96. The predicted octanol–water partition coefficient (Wildman–Crippen LogP) is 1.40. The number of ether oxygens (including phenoxy) is 2. The fourth-order valence-electron chi connectivity index (χ4n) is 2.81. The molecule has 1 aliphatic heterocycles. The monoisotopic (exact) mass is 367 g/mol. The number of rotatable bonds is 7. The van der Waals surface area contributed by atoms with E-state index in [1.54, 1.807) is 19.1 Å². The highest BCUT2D eigenvalue weighted by Gasteiger charge is 2.23. The molecule has 8 heteroatoms. The topological polar surface area (TPSA) is 71.1 Å². The first kappa shape index (κ1) is 20.1. The Kier molecular flexibility index (Phi) is 7.80. The van der Waals surface area contributed by atoms with Crippen LogP contribution in [0, 0.1) is 5.82 Å². The van der Waals surface area contributed by atoms with Gasteiger partial charge < -0.3 is 19.7 Å². The lowest BCUT2D eigenvalue weighted by atomic mass is 10.0. The molecule has 144 valence electrons. The van der Waals surface area contributed by atoms with Crippen molar-refractivity contribution in [3.63, 3.8) is 0 Å². The molecule has 1 aromatic carbocycles. The summed E-state index contributed by atoms with van der Waals surface area (Å²) in [5, 5.41) is 2.86. The molecule has 2 rings (SSSR count). The smallest absolute Gasteiger partial charge is 0.409 e. The largest absolute Gasteiger partial charge is 0.450 e. The molecule has 0 radical (unpaired) electrons. The number of carbonyl (C=O) groups is 2. The highest BCUT2D eigenvalue weighted by Crippen LogP contribution is 2.21. The molecule has 26 heavy (non-hydrogen) atoms. The third kappa shape index (κ3) is 5.96. The number of hydrogen-bond acceptors (Lipinski definition) is 5. The lowest BCUT2D eigenvalue weighted by molar-refractivity contribution is -0.122. The van der Waals surface area contributed by atoms with E-state index in [-0.39, 0.29) is 30.9 Å². The van der Waals surface area contributed by atoms with Gasteiger partial charge in [0, 0.05) is 26.7 Å². The zero-order chi connectivity index (χ0) is 18.9. The van der Waals surface area contributed by atoms with E-state index >= 15 is 0 Å². The third-order valence-corrected chi connectivity index (χ3v) is 4.19. The zero-order valence-electron chi connectivity index (χ0n) is 15.2. The molecule has 2 amide bonds. The Bertz CT molecular complexity index is 591. The molecule has 0 aliphatic carbocycles. The summed E-state index contributed by atoms with van der Waals surface area (Å²) in [4.78, 5) is 27.2. The second-order valence-corrected chi connectivity index (χ2v) is 6.07. The van der Waals surface area contributed by atoms with Crippen LogP contribution in [0.25, 0.3) is 0 Å². The van der Waals surface area contributed by atoms with Crippen molar-refractivity contribution in [1.82, 2.24) is 15.1 Å². The molecule has 7 nitrogen and oxygen atoms in total. The Hall–Kier alpha value is -2.19. The molecule has 1 unspecified atom stereocenters. The van der Waals surface area contributed by atoms with Crippen molar-refractivity contribution in [3.05, 3.63) is 35.6 Å². The van der Waals surface area contributed by atoms with E-state index in [0.29, 0.717) is 19.8 Å². The maximum Gasteiger partial charge on any atom is 0.409 e. The molecule has 1 N–H and O–H groups in total. The van der Waals surface area contributed by atoms with Crippen LogP contribution in [-0.2, 0) is 14.3 Å². The van der Waals surface area contributed by atoms with Gasteiger partial charge in [0.25, 0.3) is 0 Å². The van der Waals surface area contributed by atoms with E-state index in [4.69, 9.17) is 9.47 Å². The molecule has 1 heterocycles. The van der Waals surface area contributed by atoms with Gasteiger partial charge in [0.05, 0.1) is 25.9 Å². The van der Waals surface area contributed by atoms with Crippen LogP contribution < -0.4 is 5.32 Å². The molecule has 0 aromatic heterocycles. The van der Waals surface area contributed by atoms with E-state index in [1.807, 2.05) is 0 Å². The molecular weight excluding hydrogens is 341 g/mol. The minimum atomic E-state index is -0.536. The van der Waals surface area contributed by atoms with E-state index < -0.39 is 6.09 Å². The number of halogens is 1. The summed E-state index contributed by atoms with van der Waals surface area (Å²) in [5.41, 5.74) is 0.923. The quantitative estimate of drug-likeness (QED) is 0.789. The molecule has 1 saturated heterocycles. The van der Waals surface area contributed by atoms with E-state index in [0.717, 1.165) is 18.7 Å². The van der Waals surface area contributed by atoms with Crippen LogP contribution in [0.1, 0.15) is 18.5 Å². The fourth-order valence-corrected chi connectivity index (χ4v) is 2.81. The minimum Gasteiger partial charge on any atom is -0.450 e. The first-order chi connectivity index (χ1) is 12.5. The second-order valence-electron chi connectivity index (χ2n) is 6.07. The first-order valence-electron chi connectivity index (χ1n) is 8.73. The van der Waals surface area contributed by atoms with Gasteiger partial charge in [-0.15, -0.1) is 0 Å². The van der Waals surface area contributed by atoms with Gasteiger partial charge in [-0.05, 0) is 24.6 Å². The zero-order valence-corrected chi connectivity index (χ0v) is 15.2. The van der Waals surface area contributed by atoms with E-state index in [2.05, 4.69) is 10.2 Å². The van der Waals surface area contributed by atoms with Crippen LogP contribution in [0.5, 0.6) is 0 Å². The van der Waals surface area contributed by atoms with Crippen molar-refractivity contribution in [1.29, 1.82) is 0 Å². The molecular formula is C18H26FN3O4. The Labute approximate surface area is 153 Å². The fraction of sp³-hybridized carbons (Fsp3) is 0.556. The number of hydrogen-bond donors (Lipinski definition) is 1. The molecule has 1 aliphatic rings. The van der Waals surface area contributed by atoms with Crippen molar-refractivity contribution < 1.29 is 23.5 Å². The van der Waals surface area contributed by atoms with Crippen molar-refractivity contribution >= 4 is 12.0 Å². The highest BCUT2D eigenvalue weighted by atomic mass is 19.1. The Morgan fingerprint density at radius 2 is 1.96 bits per heavy atom. The normalized spacial score (nSPS) is 16.0. The van der Waals surface area contributed by atoms with Gasteiger partial charge in [0.1, 0.15) is 12.4 Å².